The molecule has 1 fully saturated rings. The Labute approximate surface area is 171 Å². The highest BCUT2D eigenvalue weighted by Gasteiger charge is 2.26. The summed E-state index contributed by atoms with van der Waals surface area (Å²) >= 11 is 0. The van der Waals surface area contributed by atoms with E-state index in [-0.39, 0.29) is 23.6 Å². The van der Waals surface area contributed by atoms with Crippen molar-refractivity contribution in [2.75, 3.05) is 0 Å². The van der Waals surface area contributed by atoms with Crippen LogP contribution in [-0.2, 0) is 0 Å². The molecule has 1 aromatic carbocycles. The van der Waals surface area contributed by atoms with Crippen LogP contribution < -0.4 is 10.9 Å². The van der Waals surface area contributed by atoms with Gasteiger partial charge in [0.1, 0.15) is 12.7 Å². The van der Waals surface area contributed by atoms with E-state index in [2.05, 4.69) is 25.5 Å². The number of carbonyl (C=O) groups is 1. The van der Waals surface area contributed by atoms with Crippen molar-refractivity contribution < 1.29 is 4.79 Å². The molecule has 0 unspecified atom stereocenters. The predicted molar refractivity (Wildman–Crippen MR) is 110 cm³/mol. The molecule has 9 nitrogen and oxygen atoms in total. The number of nitrogens with zero attached hydrogens (tertiary/aromatic N) is 5. The van der Waals surface area contributed by atoms with Crippen molar-refractivity contribution in [2.24, 2.45) is 0 Å². The third-order valence-corrected chi connectivity index (χ3v) is 5.68. The maximum absolute atomic E-state index is 12.8. The molecular formula is C21H21N7O2. The Morgan fingerprint density at radius 2 is 1.93 bits per heavy atom. The lowest BCUT2D eigenvalue weighted by Gasteiger charge is -2.29. The van der Waals surface area contributed by atoms with Crippen molar-refractivity contribution in [1.82, 2.24) is 34.8 Å². The summed E-state index contributed by atoms with van der Waals surface area (Å²) in [5.74, 6) is 0.487. The van der Waals surface area contributed by atoms with E-state index in [0.29, 0.717) is 11.4 Å². The average Bonchev–Trinajstić information content (AvgIpc) is 3.45. The number of H-pyrrole nitrogens is 1. The van der Waals surface area contributed by atoms with E-state index in [4.69, 9.17) is 0 Å². The summed E-state index contributed by atoms with van der Waals surface area (Å²) < 4.78 is 3.07. The molecule has 0 bridgehead atoms. The molecule has 0 radical (unpaired) electrons. The zero-order valence-electron chi connectivity index (χ0n) is 16.2. The topological polar surface area (TPSA) is 110 Å². The molecular weight excluding hydrogens is 382 g/mol. The smallest absolute Gasteiger partial charge is 0.267 e. The predicted octanol–water partition coefficient (Wildman–Crippen LogP) is 2.22. The third-order valence-electron chi connectivity index (χ3n) is 5.68. The highest BCUT2D eigenvalue weighted by atomic mass is 16.2. The van der Waals surface area contributed by atoms with Gasteiger partial charge in [-0.2, -0.15) is 5.10 Å². The molecule has 1 aliphatic carbocycles. The minimum atomic E-state index is -0.134. The highest BCUT2D eigenvalue weighted by Crippen LogP contribution is 2.27. The van der Waals surface area contributed by atoms with Gasteiger partial charge in [0, 0.05) is 29.2 Å². The maximum Gasteiger partial charge on any atom is 0.267 e. The maximum atomic E-state index is 12.8. The van der Waals surface area contributed by atoms with Gasteiger partial charge in [-0.1, -0.05) is 18.2 Å². The molecule has 0 spiro atoms. The fraction of sp³-hybridized carbons (Fsp3) is 0.286. The van der Waals surface area contributed by atoms with Gasteiger partial charge in [-0.05, 0) is 37.8 Å². The molecule has 1 aliphatic rings. The fourth-order valence-electron chi connectivity index (χ4n) is 4.11. The molecule has 4 aromatic rings. The van der Waals surface area contributed by atoms with Crippen LogP contribution in [0.15, 0.2) is 60.0 Å². The quantitative estimate of drug-likeness (QED) is 0.543. The van der Waals surface area contributed by atoms with Crippen molar-refractivity contribution in [2.45, 2.75) is 37.8 Å². The number of benzene rings is 1. The van der Waals surface area contributed by atoms with Crippen molar-refractivity contribution >= 4 is 16.8 Å². The lowest BCUT2D eigenvalue weighted by atomic mass is 9.91. The largest absolute Gasteiger partial charge is 0.360 e. The fourth-order valence-corrected chi connectivity index (χ4v) is 4.11. The van der Waals surface area contributed by atoms with E-state index in [9.17, 15) is 9.59 Å². The Kier molecular flexibility index (Phi) is 4.62. The molecule has 2 N–H and O–H groups in total. The molecule has 9 heteroatoms. The Morgan fingerprint density at radius 1 is 1.10 bits per heavy atom. The summed E-state index contributed by atoms with van der Waals surface area (Å²) in [5.41, 5.74) is 1.47. The van der Waals surface area contributed by atoms with E-state index in [1.807, 2.05) is 24.3 Å². The Hall–Kier alpha value is -3.75. The van der Waals surface area contributed by atoms with Crippen molar-refractivity contribution in [3.05, 3.63) is 71.2 Å². The van der Waals surface area contributed by atoms with Crippen LogP contribution in [0.2, 0.25) is 0 Å². The number of carbonyl (C=O) groups excluding carboxylic acids is 1. The van der Waals surface area contributed by atoms with Crippen LogP contribution in [0.1, 0.15) is 42.1 Å². The van der Waals surface area contributed by atoms with E-state index in [1.165, 1.54) is 21.8 Å². The van der Waals surface area contributed by atoms with Crippen molar-refractivity contribution in [3.8, 4) is 5.82 Å². The van der Waals surface area contributed by atoms with Crippen LogP contribution >= 0.6 is 0 Å². The summed E-state index contributed by atoms with van der Waals surface area (Å²) in [4.78, 5) is 32.2. The molecule has 1 saturated carbocycles. The summed E-state index contributed by atoms with van der Waals surface area (Å²) in [7, 11) is 0. The average molecular weight is 403 g/mol. The normalized spacial score (nSPS) is 19.1. The molecule has 3 heterocycles. The first-order valence-electron chi connectivity index (χ1n) is 10.0. The van der Waals surface area contributed by atoms with Crippen LogP contribution in [0.25, 0.3) is 16.7 Å². The van der Waals surface area contributed by atoms with Gasteiger partial charge >= 0.3 is 0 Å². The molecule has 5 rings (SSSR count). The first kappa shape index (κ1) is 18.3. The zero-order valence-corrected chi connectivity index (χ0v) is 16.2. The summed E-state index contributed by atoms with van der Waals surface area (Å²) in [6.45, 7) is 0. The molecule has 152 valence electrons. The second-order valence-corrected chi connectivity index (χ2v) is 7.54. The monoisotopic (exact) mass is 403 g/mol. The lowest BCUT2D eigenvalue weighted by Crippen LogP contribution is -2.39. The van der Waals surface area contributed by atoms with Crippen molar-refractivity contribution in [1.29, 1.82) is 0 Å². The highest BCUT2D eigenvalue weighted by molar-refractivity contribution is 6.06. The SMILES string of the molecule is O=C(NC1CCC(n2nc(-n3cncn3)ccc2=O)CC1)c1c[nH]c2ccccc12. The lowest BCUT2D eigenvalue weighted by molar-refractivity contribution is 0.0923. The molecule has 0 aliphatic heterocycles. The van der Waals surface area contributed by atoms with Crippen LogP contribution in [0.3, 0.4) is 0 Å². The number of nitrogens with one attached hydrogen (secondary N) is 2. The Balaban J connectivity index is 1.26. The summed E-state index contributed by atoms with van der Waals surface area (Å²) in [5, 5.41) is 12.6. The number of para-hydroxylation sites is 1. The standard InChI is InChI=1S/C21H21N7O2/c29-20-10-9-19(27-13-22-12-24-27)26-28(20)15-7-5-14(6-8-15)25-21(30)17-11-23-18-4-2-1-3-16(17)18/h1-4,9-15,23H,5-8H2,(H,25,30). The van der Waals surface area contributed by atoms with Crippen LogP contribution in [-0.4, -0.2) is 41.5 Å². The number of hydrogen-bond acceptors (Lipinski definition) is 5. The number of amides is 1. The van der Waals surface area contributed by atoms with E-state index < -0.39 is 0 Å². The van der Waals surface area contributed by atoms with E-state index >= 15 is 0 Å². The van der Waals surface area contributed by atoms with Crippen LogP contribution in [0, 0.1) is 0 Å². The summed E-state index contributed by atoms with van der Waals surface area (Å²) in [6, 6.07) is 11.0. The van der Waals surface area contributed by atoms with Gasteiger partial charge in [-0.25, -0.2) is 14.3 Å². The number of rotatable bonds is 4. The molecule has 0 atom stereocenters. The van der Waals surface area contributed by atoms with E-state index in [0.717, 1.165) is 36.6 Å². The van der Waals surface area contributed by atoms with Gasteiger partial charge in [0.25, 0.3) is 11.5 Å². The minimum Gasteiger partial charge on any atom is -0.360 e. The van der Waals surface area contributed by atoms with Crippen LogP contribution in [0.5, 0.6) is 0 Å². The second kappa shape index (κ2) is 7.58. The second-order valence-electron chi connectivity index (χ2n) is 7.54. The van der Waals surface area contributed by atoms with Gasteiger partial charge < -0.3 is 10.3 Å². The first-order chi connectivity index (χ1) is 14.7. The summed E-state index contributed by atoms with van der Waals surface area (Å²) in [6.07, 6.45) is 7.86. The Bertz CT molecular complexity index is 1230. The van der Waals surface area contributed by atoms with Gasteiger partial charge in [0.05, 0.1) is 11.6 Å². The minimum absolute atomic E-state index is 0.00205. The zero-order chi connectivity index (χ0) is 20.5. The van der Waals surface area contributed by atoms with Gasteiger partial charge in [-0.3, -0.25) is 9.59 Å². The van der Waals surface area contributed by atoms with Crippen LogP contribution in [0.4, 0.5) is 0 Å². The van der Waals surface area contributed by atoms with E-state index in [1.54, 1.807) is 18.6 Å². The number of aromatic nitrogens is 6. The van der Waals surface area contributed by atoms with Gasteiger partial charge in [0.2, 0.25) is 0 Å². The molecule has 30 heavy (non-hydrogen) atoms. The number of fused-ring (bicyclic) bond motifs is 1. The molecule has 3 aromatic heterocycles. The Morgan fingerprint density at radius 3 is 2.73 bits per heavy atom. The third kappa shape index (κ3) is 3.38. The first-order valence-corrected chi connectivity index (χ1v) is 10.0. The van der Waals surface area contributed by atoms with Crippen molar-refractivity contribution in [3.63, 3.8) is 0 Å². The molecule has 1 amide bonds. The number of hydrogen-bond donors (Lipinski definition) is 2. The number of aromatic amines is 1. The van der Waals surface area contributed by atoms with Gasteiger partial charge in [0.15, 0.2) is 5.82 Å². The van der Waals surface area contributed by atoms with Gasteiger partial charge in [-0.15, -0.1) is 5.10 Å². The molecule has 0 saturated heterocycles.